The average molecular weight is 409 g/mol. The summed E-state index contributed by atoms with van der Waals surface area (Å²) in [6.07, 6.45) is 2.25. The fourth-order valence-electron chi connectivity index (χ4n) is 2.43. The first-order valence-electron chi connectivity index (χ1n) is 8.13. The minimum atomic E-state index is -0.478. The number of thioether (sulfide) groups is 1. The Kier molecular flexibility index (Phi) is 5.97. The molecule has 0 aliphatic carbocycles. The normalized spacial score (nSPS) is 12.1. The van der Waals surface area contributed by atoms with Crippen molar-refractivity contribution in [2.45, 2.75) is 37.5 Å². The zero-order valence-electron chi connectivity index (χ0n) is 14.6. The van der Waals surface area contributed by atoms with E-state index >= 15 is 0 Å². The van der Waals surface area contributed by atoms with Crippen LogP contribution in [0.4, 0.5) is 5.69 Å². The van der Waals surface area contributed by atoms with E-state index in [0.29, 0.717) is 34.2 Å². The number of aromatic nitrogens is 5. The van der Waals surface area contributed by atoms with Crippen LogP contribution in [0.5, 0.6) is 5.75 Å². The van der Waals surface area contributed by atoms with Crippen LogP contribution in [0, 0.1) is 10.1 Å². The molecule has 2 heterocycles. The number of ether oxygens (including phenoxy) is 1. The van der Waals surface area contributed by atoms with E-state index in [1.54, 1.807) is 12.1 Å². The van der Waals surface area contributed by atoms with Crippen LogP contribution >= 0.6 is 23.4 Å². The standard InChI is InChI=1S/C16H17ClN6O3S/c1-3-22-15(11(2)26-14-7-5-4-6-13(14)17)19-20-16(22)27-10-21-9-12(8-18-21)23(24)25/h4-9,11H,3,10H2,1-2H3. The Bertz CT molecular complexity index is 944. The lowest BCUT2D eigenvalue weighted by atomic mass is 10.3. The van der Waals surface area contributed by atoms with E-state index in [1.165, 1.54) is 28.8 Å². The zero-order chi connectivity index (χ0) is 19.4. The molecular weight excluding hydrogens is 392 g/mol. The molecule has 1 aromatic carbocycles. The van der Waals surface area contributed by atoms with Crippen molar-refractivity contribution < 1.29 is 9.66 Å². The number of para-hydroxylation sites is 1. The lowest BCUT2D eigenvalue weighted by Crippen LogP contribution is -2.12. The second kappa shape index (κ2) is 8.40. The molecule has 0 bridgehead atoms. The second-order valence-electron chi connectivity index (χ2n) is 5.54. The fraction of sp³-hybridized carbons (Fsp3) is 0.312. The summed E-state index contributed by atoms with van der Waals surface area (Å²) in [6.45, 7) is 4.52. The van der Waals surface area contributed by atoms with Crippen molar-refractivity contribution >= 4 is 29.1 Å². The van der Waals surface area contributed by atoms with Gasteiger partial charge < -0.3 is 9.30 Å². The van der Waals surface area contributed by atoms with Crippen molar-refractivity contribution in [3.8, 4) is 5.75 Å². The number of rotatable bonds is 8. The molecule has 0 aliphatic heterocycles. The van der Waals surface area contributed by atoms with Crippen molar-refractivity contribution in [3.63, 3.8) is 0 Å². The van der Waals surface area contributed by atoms with Crippen molar-refractivity contribution in [3.05, 3.63) is 57.6 Å². The third-order valence-electron chi connectivity index (χ3n) is 3.72. The van der Waals surface area contributed by atoms with Crippen LogP contribution in [0.1, 0.15) is 25.8 Å². The molecule has 0 spiro atoms. The third-order valence-corrected chi connectivity index (χ3v) is 4.99. The predicted octanol–water partition coefficient (Wildman–Crippen LogP) is 3.95. The Morgan fingerprint density at radius 3 is 2.81 bits per heavy atom. The van der Waals surface area contributed by atoms with Crippen LogP contribution in [0.2, 0.25) is 5.02 Å². The summed E-state index contributed by atoms with van der Waals surface area (Å²) in [7, 11) is 0. The van der Waals surface area contributed by atoms with Crippen LogP contribution in [0.25, 0.3) is 0 Å². The van der Waals surface area contributed by atoms with Crippen LogP contribution in [0.3, 0.4) is 0 Å². The monoisotopic (exact) mass is 408 g/mol. The van der Waals surface area contributed by atoms with Gasteiger partial charge in [-0.05, 0) is 26.0 Å². The molecular formula is C16H17ClN6O3S. The number of nitrogens with zero attached hydrogens (tertiary/aromatic N) is 6. The van der Waals surface area contributed by atoms with Gasteiger partial charge in [0.1, 0.15) is 18.1 Å². The summed E-state index contributed by atoms with van der Waals surface area (Å²) >= 11 is 7.53. The fourth-order valence-corrected chi connectivity index (χ4v) is 3.48. The highest BCUT2D eigenvalue weighted by Gasteiger charge is 2.20. The van der Waals surface area contributed by atoms with Gasteiger partial charge in [0.2, 0.25) is 0 Å². The van der Waals surface area contributed by atoms with Gasteiger partial charge in [-0.2, -0.15) is 5.10 Å². The highest BCUT2D eigenvalue weighted by Crippen LogP contribution is 2.29. The van der Waals surface area contributed by atoms with Crippen molar-refractivity contribution in [2.24, 2.45) is 0 Å². The van der Waals surface area contributed by atoms with Crippen LogP contribution < -0.4 is 4.74 Å². The van der Waals surface area contributed by atoms with Crippen LogP contribution in [0.15, 0.2) is 41.8 Å². The highest BCUT2D eigenvalue weighted by atomic mass is 35.5. The Morgan fingerprint density at radius 1 is 1.37 bits per heavy atom. The second-order valence-corrected chi connectivity index (χ2v) is 6.86. The first kappa shape index (κ1) is 19.2. The van der Waals surface area contributed by atoms with Gasteiger partial charge in [-0.3, -0.25) is 14.8 Å². The molecule has 9 nitrogen and oxygen atoms in total. The van der Waals surface area contributed by atoms with E-state index in [1.807, 2.05) is 30.5 Å². The van der Waals surface area contributed by atoms with Gasteiger partial charge in [0.25, 0.3) is 0 Å². The van der Waals surface area contributed by atoms with Crippen LogP contribution in [-0.4, -0.2) is 29.5 Å². The van der Waals surface area contributed by atoms with Gasteiger partial charge in [-0.25, -0.2) is 0 Å². The summed E-state index contributed by atoms with van der Waals surface area (Å²) in [5.74, 6) is 1.63. The van der Waals surface area contributed by atoms with E-state index in [4.69, 9.17) is 16.3 Å². The number of hydrogen-bond donors (Lipinski definition) is 0. The third kappa shape index (κ3) is 4.40. The predicted molar refractivity (Wildman–Crippen MR) is 101 cm³/mol. The molecule has 2 aromatic heterocycles. The van der Waals surface area contributed by atoms with E-state index in [-0.39, 0.29) is 11.8 Å². The number of benzene rings is 1. The number of halogens is 1. The summed E-state index contributed by atoms with van der Waals surface area (Å²) < 4.78 is 9.34. The first-order chi connectivity index (χ1) is 13.0. The van der Waals surface area contributed by atoms with E-state index in [0.717, 1.165) is 0 Å². The number of hydrogen-bond acceptors (Lipinski definition) is 7. The van der Waals surface area contributed by atoms with E-state index in [9.17, 15) is 10.1 Å². The molecule has 11 heteroatoms. The van der Waals surface area contributed by atoms with Gasteiger partial charge in [0, 0.05) is 6.54 Å². The lowest BCUT2D eigenvalue weighted by molar-refractivity contribution is -0.385. The molecule has 0 aliphatic rings. The molecule has 27 heavy (non-hydrogen) atoms. The highest BCUT2D eigenvalue weighted by molar-refractivity contribution is 7.98. The van der Waals surface area contributed by atoms with Gasteiger partial charge in [-0.1, -0.05) is 35.5 Å². The van der Waals surface area contributed by atoms with Gasteiger partial charge >= 0.3 is 5.69 Å². The zero-order valence-corrected chi connectivity index (χ0v) is 16.2. The van der Waals surface area contributed by atoms with Gasteiger partial charge in [-0.15, -0.1) is 10.2 Å². The van der Waals surface area contributed by atoms with Gasteiger partial charge in [0.05, 0.1) is 15.8 Å². The first-order valence-corrected chi connectivity index (χ1v) is 9.50. The topological polar surface area (TPSA) is 101 Å². The molecule has 0 N–H and O–H groups in total. The van der Waals surface area contributed by atoms with Gasteiger partial charge in [0.15, 0.2) is 17.1 Å². The van der Waals surface area contributed by atoms with E-state index < -0.39 is 4.92 Å². The number of nitro groups is 1. The minimum absolute atomic E-state index is 0.0463. The SMILES string of the molecule is CCn1c(SCn2cc([N+](=O)[O-])cn2)nnc1C(C)Oc1ccccc1Cl. The maximum Gasteiger partial charge on any atom is 0.307 e. The van der Waals surface area contributed by atoms with Crippen molar-refractivity contribution in [1.82, 2.24) is 24.5 Å². The maximum atomic E-state index is 10.7. The maximum absolute atomic E-state index is 10.7. The molecule has 1 atom stereocenters. The summed E-state index contributed by atoms with van der Waals surface area (Å²) in [6, 6.07) is 7.25. The molecule has 0 fully saturated rings. The Balaban J connectivity index is 1.72. The quantitative estimate of drug-likeness (QED) is 0.316. The molecule has 3 rings (SSSR count). The largest absolute Gasteiger partial charge is 0.481 e. The average Bonchev–Trinajstić information content (AvgIpc) is 3.28. The smallest absolute Gasteiger partial charge is 0.307 e. The minimum Gasteiger partial charge on any atom is -0.481 e. The Labute approximate surface area is 164 Å². The summed E-state index contributed by atoms with van der Waals surface area (Å²) in [4.78, 5) is 10.3. The molecule has 3 aromatic rings. The molecule has 1 unspecified atom stereocenters. The molecule has 142 valence electrons. The molecule has 0 radical (unpaired) electrons. The van der Waals surface area contributed by atoms with Crippen molar-refractivity contribution in [1.29, 1.82) is 0 Å². The Hall–Kier alpha value is -2.59. The molecule has 0 saturated carbocycles. The molecule has 0 saturated heterocycles. The summed E-state index contributed by atoms with van der Waals surface area (Å²) in [5, 5.41) is 24.4. The van der Waals surface area contributed by atoms with Crippen LogP contribution in [-0.2, 0) is 12.4 Å². The van der Waals surface area contributed by atoms with Crippen molar-refractivity contribution in [2.75, 3.05) is 0 Å². The summed E-state index contributed by atoms with van der Waals surface area (Å²) in [5.41, 5.74) is -0.0463. The lowest BCUT2D eigenvalue weighted by Gasteiger charge is -2.16. The Morgan fingerprint density at radius 2 is 2.15 bits per heavy atom. The molecule has 0 amide bonds. The van der Waals surface area contributed by atoms with E-state index in [2.05, 4.69) is 15.3 Å².